The van der Waals surface area contributed by atoms with Gasteiger partial charge in [0.25, 0.3) is 0 Å². The summed E-state index contributed by atoms with van der Waals surface area (Å²) in [5, 5.41) is 20.5. The van der Waals surface area contributed by atoms with Crippen LogP contribution in [0.3, 0.4) is 0 Å². The number of carbonyl (C=O) groups excluding carboxylic acids is 3. The van der Waals surface area contributed by atoms with Gasteiger partial charge in [-0.3, -0.25) is 19.7 Å². The molecule has 0 bridgehead atoms. The van der Waals surface area contributed by atoms with E-state index in [1.54, 1.807) is 20.8 Å². The number of nitrogens with one attached hydrogen (secondary N) is 2. The van der Waals surface area contributed by atoms with Crippen molar-refractivity contribution in [2.45, 2.75) is 63.4 Å². The van der Waals surface area contributed by atoms with E-state index in [0.717, 1.165) is 11.6 Å². The molecule has 2 atom stereocenters. The summed E-state index contributed by atoms with van der Waals surface area (Å²) in [5.41, 5.74) is 1.10. The number of unbranched alkanes of at least 4 members (excludes halogenated alkanes) is 1. The van der Waals surface area contributed by atoms with Gasteiger partial charge in [0.15, 0.2) is 0 Å². The molecule has 0 radical (unpaired) electrons. The van der Waals surface area contributed by atoms with Crippen LogP contribution >= 0.6 is 11.6 Å². The molecule has 248 valence electrons. The number of carbonyl (C=O) groups is 4. The third kappa shape index (κ3) is 12.3. The number of ether oxygens (including phenoxy) is 2. The number of hydrogen-bond donors (Lipinski definition) is 4. The number of anilines is 1. The van der Waals surface area contributed by atoms with E-state index in [0.29, 0.717) is 25.7 Å². The maximum atomic E-state index is 13.3. The van der Waals surface area contributed by atoms with Crippen molar-refractivity contribution in [3.63, 3.8) is 0 Å². The van der Waals surface area contributed by atoms with E-state index in [-0.39, 0.29) is 42.6 Å². The number of esters is 2. The Labute approximate surface area is 268 Å². The van der Waals surface area contributed by atoms with Gasteiger partial charge in [0.05, 0.1) is 35.5 Å². The van der Waals surface area contributed by atoms with E-state index in [2.05, 4.69) is 10.6 Å². The Bertz CT molecular complexity index is 1420. The average Bonchev–Trinajstić information content (AvgIpc) is 2.98. The van der Waals surface area contributed by atoms with Crippen molar-refractivity contribution in [2.24, 2.45) is 5.14 Å². The van der Waals surface area contributed by atoms with Crippen LogP contribution in [0.5, 0.6) is 0 Å². The standard InChI is InChI=1S/C30H41ClN4O9S/c1-4-43-29(39)22-17-24(27(31)25(18-22)45(32,41)42)33-15-9-10-16-35(19-26(36)37)28(38)20(3)34-23(30(40)44-5-2)14-13-21-11-7-6-8-12-21/h6-8,11-12,17-18,20,23,33-34H,4-5,9-10,13-16,19H2,1-3H3,(H,36,37)(H2,32,41,42)/t20-,23-/m0/s1. The molecule has 0 aliphatic rings. The molecule has 0 spiro atoms. The number of primary sulfonamides is 1. The SMILES string of the molecule is CCOC(=O)c1cc(NCCCCN(CC(=O)O)C(=O)[C@H](C)N[C@@H](CCc2ccccc2)C(=O)OCC)c(Cl)c(S(N)(=O)=O)c1. The molecule has 2 aromatic carbocycles. The summed E-state index contributed by atoms with van der Waals surface area (Å²) in [7, 11) is -4.25. The third-order valence-corrected chi connectivity index (χ3v) is 8.08. The Morgan fingerprint density at radius 1 is 1.04 bits per heavy atom. The molecule has 0 saturated carbocycles. The summed E-state index contributed by atoms with van der Waals surface area (Å²) >= 11 is 6.25. The number of sulfonamides is 1. The smallest absolute Gasteiger partial charge is 0.338 e. The summed E-state index contributed by atoms with van der Waals surface area (Å²) in [5.74, 6) is -2.95. The molecule has 2 aromatic rings. The number of carboxylic acids is 1. The summed E-state index contributed by atoms with van der Waals surface area (Å²) in [4.78, 5) is 50.5. The van der Waals surface area contributed by atoms with Gasteiger partial charge in [0.2, 0.25) is 15.9 Å². The largest absolute Gasteiger partial charge is 0.480 e. The molecule has 1 amide bonds. The molecule has 0 aliphatic carbocycles. The quantitative estimate of drug-likeness (QED) is 0.127. The Morgan fingerprint density at radius 3 is 2.31 bits per heavy atom. The monoisotopic (exact) mass is 668 g/mol. The maximum absolute atomic E-state index is 13.3. The number of aryl methyl sites for hydroxylation is 1. The first-order chi connectivity index (χ1) is 21.3. The second-order valence-electron chi connectivity index (χ2n) is 10.1. The molecule has 0 heterocycles. The molecule has 13 nitrogen and oxygen atoms in total. The van der Waals surface area contributed by atoms with Crippen LogP contribution in [-0.2, 0) is 40.3 Å². The summed E-state index contributed by atoms with van der Waals surface area (Å²) in [6.07, 6.45) is 1.72. The van der Waals surface area contributed by atoms with Crippen molar-refractivity contribution in [1.29, 1.82) is 0 Å². The summed E-state index contributed by atoms with van der Waals surface area (Å²) in [6.45, 7) is 4.89. The van der Waals surface area contributed by atoms with Crippen LogP contribution in [0.15, 0.2) is 47.4 Å². The van der Waals surface area contributed by atoms with E-state index in [9.17, 15) is 32.7 Å². The van der Waals surface area contributed by atoms with Gasteiger partial charge in [-0.25, -0.2) is 18.4 Å². The Hall–Kier alpha value is -3.72. The van der Waals surface area contributed by atoms with Crippen LogP contribution in [0, 0.1) is 0 Å². The highest BCUT2D eigenvalue weighted by Crippen LogP contribution is 2.31. The van der Waals surface area contributed by atoms with Gasteiger partial charge in [-0.05, 0) is 64.2 Å². The predicted molar refractivity (Wildman–Crippen MR) is 169 cm³/mol. The highest BCUT2D eigenvalue weighted by molar-refractivity contribution is 7.89. The molecular weight excluding hydrogens is 628 g/mol. The average molecular weight is 669 g/mol. The highest BCUT2D eigenvalue weighted by Gasteiger charge is 2.28. The molecule has 0 aromatic heterocycles. The fourth-order valence-corrected chi connectivity index (χ4v) is 5.61. The van der Waals surface area contributed by atoms with Crippen LogP contribution in [0.25, 0.3) is 0 Å². The number of benzene rings is 2. The lowest BCUT2D eigenvalue weighted by Crippen LogP contribution is -2.52. The van der Waals surface area contributed by atoms with Crippen LogP contribution in [0.2, 0.25) is 5.02 Å². The molecule has 15 heteroatoms. The minimum Gasteiger partial charge on any atom is -0.480 e. The lowest BCUT2D eigenvalue weighted by molar-refractivity contribution is -0.148. The maximum Gasteiger partial charge on any atom is 0.338 e. The number of amides is 1. The molecule has 0 fully saturated rings. The van der Waals surface area contributed by atoms with Crippen LogP contribution in [0.4, 0.5) is 5.69 Å². The van der Waals surface area contributed by atoms with Crippen molar-refractivity contribution in [3.8, 4) is 0 Å². The van der Waals surface area contributed by atoms with E-state index >= 15 is 0 Å². The number of nitrogens with zero attached hydrogens (tertiary/aromatic N) is 1. The van der Waals surface area contributed by atoms with Crippen molar-refractivity contribution >= 4 is 51.1 Å². The fourth-order valence-electron chi connectivity index (χ4n) is 4.46. The van der Waals surface area contributed by atoms with Gasteiger partial charge in [-0.1, -0.05) is 41.9 Å². The van der Waals surface area contributed by atoms with E-state index in [1.165, 1.54) is 11.0 Å². The predicted octanol–water partition coefficient (Wildman–Crippen LogP) is 2.81. The molecule has 0 unspecified atom stereocenters. The van der Waals surface area contributed by atoms with E-state index < -0.39 is 57.4 Å². The molecule has 0 saturated heterocycles. The molecule has 5 N–H and O–H groups in total. The first kappa shape index (κ1) is 37.5. The zero-order valence-electron chi connectivity index (χ0n) is 25.6. The number of rotatable bonds is 19. The second kappa shape index (κ2) is 18.3. The van der Waals surface area contributed by atoms with Gasteiger partial charge in [-0.2, -0.15) is 0 Å². The molecule has 45 heavy (non-hydrogen) atoms. The Kier molecular flexibility index (Phi) is 15.2. The van der Waals surface area contributed by atoms with E-state index in [4.69, 9.17) is 26.2 Å². The van der Waals surface area contributed by atoms with Crippen LogP contribution in [-0.4, -0.2) is 87.2 Å². The number of halogens is 1. The number of hydrogen-bond acceptors (Lipinski definition) is 10. The first-order valence-electron chi connectivity index (χ1n) is 14.5. The number of aliphatic carboxylic acids is 1. The third-order valence-electron chi connectivity index (χ3n) is 6.62. The van der Waals surface area contributed by atoms with Gasteiger partial charge < -0.3 is 24.8 Å². The number of carboxylic acid groups (broad SMARTS) is 1. The Balaban J connectivity index is 2.05. The lowest BCUT2D eigenvalue weighted by atomic mass is 10.0. The van der Waals surface area contributed by atoms with Crippen molar-refractivity contribution in [1.82, 2.24) is 10.2 Å². The minimum atomic E-state index is -4.25. The molecular formula is C30H41ClN4O9S. The number of nitrogens with two attached hydrogens (primary N) is 1. The zero-order chi connectivity index (χ0) is 33.6. The van der Waals surface area contributed by atoms with Crippen LogP contribution < -0.4 is 15.8 Å². The van der Waals surface area contributed by atoms with Gasteiger partial charge in [0, 0.05) is 13.1 Å². The van der Waals surface area contributed by atoms with E-state index in [1.807, 2.05) is 30.3 Å². The van der Waals surface area contributed by atoms with Crippen molar-refractivity contribution < 1.29 is 42.2 Å². The molecule has 0 aliphatic heterocycles. The normalized spacial score (nSPS) is 12.6. The summed E-state index contributed by atoms with van der Waals surface area (Å²) in [6, 6.07) is 10.3. The second-order valence-corrected chi connectivity index (χ2v) is 12.0. The highest BCUT2D eigenvalue weighted by atomic mass is 35.5. The first-order valence-corrected chi connectivity index (χ1v) is 16.4. The zero-order valence-corrected chi connectivity index (χ0v) is 27.2. The summed E-state index contributed by atoms with van der Waals surface area (Å²) < 4.78 is 34.2. The van der Waals surface area contributed by atoms with Gasteiger partial charge >= 0.3 is 17.9 Å². The Morgan fingerprint density at radius 2 is 1.71 bits per heavy atom. The minimum absolute atomic E-state index is 0.0580. The van der Waals surface area contributed by atoms with Gasteiger partial charge in [0.1, 0.15) is 17.5 Å². The lowest BCUT2D eigenvalue weighted by Gasteiger charge is -2.27. The van der Waals surface area contributed by atoms with Crippen LogP contribution in [0.1, 0.15) is 56.0 Å². The van der Waals surface area contributed by atoms with Crippen molar-refractivity contribution in [3.05, 3.63) is 58.6 Å². The van der Waals surface area contributed by atoms with Crippen molar-refractivity contribution in [2.75, 3.05) is 38.2 Å². The molecule has 2 rings (SSSR count). The van der Waals surface area contributed by atoms with Gasteiger partial charge in [-0.15, -0.1) is 0 Å². The fraction of sp³-hybridized carbons (Fsp3) is 0.467. The topological polar surface area (TPSA) is 194 Å².